The molecule has 19 heavy (non-hydrogen) atoms. The fraction of sp³-hybridized carbons (Fsp3) is 0.0714. The van der Waals surface area contributed by atoms with Crippen molar-refractivity contribution in [2.24, 2.45) is 0 Å². The summed E-state index contributed by atoms with van der Waals surface area (Å²) in [5, 5.41) is 4.23. The van der Waals surface area contributed by atoms with Crippen molar-refractivity contribution in [2.45, 2.75) is 6.42 Å². The minimum Gasteiger partial charge on any atom is -0.245 e. The molecule has 0 saturated carbocycles. The lowest BCUT2D eigenvalue weighted by atomic mass is 10.1. The topological polar surface area (TPSA) is 43.1 Å². The molecule has 0 unspecified atom stereocenters. The van der Waals surface area contributed by atoms with Gasteiger partial charge < -0.3 is 0 Å². The summed E-state index contributed by atoms with van der Waals surface area (Å²) in [6, 6.07) is 10.2. The van der Waals surface area contributed by atoms with Gasteiger partial charge in [0.15, 0.2) is 5.65 Å². The lowest BCUT2D eigenvalue weighted by Gasteiger charge is -1.97. The van der Waals surface area contributed by atoms with E-state index >= 15 is 0 Å². The lowest BCUT2D eigenvalue weighted by Crippen LogP contribution is -1.87. The second-order valence-corrected chi connectivity index (χ2v) is 5.28. The van der Waals surface area contributed by atoms with Crippen molar-refractivity contribution < 1.29 is 0 Å². The van der Waals surface area contributed by atoms with Gasteiger partial charge in [-0.15, -0.1) is 11.3 Å². The minimum atomic E-state index is 0.817. The smallest absolute Gasteiger partial charge is 0.153 e. The number of hydrogen-bond donors (Lipinski definition) is 0. The van der Waals surface area contributed by atoms with E-state index in [2.05, 4.69) is 33.3 Å². The van der Waals surface area contributed by atoms with E-state index in [1.807, 2.05) is 23.8 Å². The van der Waals surface area contributed by atoms with Crippen LogP contribution in [0.1, 0.15) is 11.3 Å². The van der Waals surface area contributed by atoms with Crippen LogP contribution in [0.3, 0.4) is 0 Å². The second kappa shape index (κ2) is 4.13. The number of nitrogens with zero attached hydrogens (tertiary/aromatic N) is 4. The molecular weight excluding hydrogens is 256 g/mol. The highest BCUT2D eigenvalue weighted by molar-refractivity contribution is 7.16. The normalized spacial score (nSPS) is 11.4. The highest BCUT2D eigenvalue weighted by Crippen LogP contribution is 2.20. The maximum absolute atomic E-state index is 4.56. The predicted octanol–water partition coefficient (Wildman–Crippen LogP) is 2.93. The summed E-state index contributed by atoms with van der Waals surface area (Å²) in [6.45, 7) is 0. The third-order valence-electron chi connectivity index (χ3n) is 3.07. The molecule has 4 aromatic rings. The van der Waals surface area contributed by atoms with E-state index in [9.17, 15) is 0 Å². The average Bonchev–Trinajstić information content (AvgIpc) is 3.03. The fourth-order valence-corrected chi connectivity index (χ4v) is 2.92. The van der Waals surface area contributed by atoms with E-state index in [0.29, 0.717) is 0 Å². The number of hydrogen-bond acceptors (Lipinski definition) is 4. The Bertz CT molecular complexity index is 829. The van der Waals surface area contributed by atoms with E-state index in [1.54, 1.807) is 22.0 Å². The number of aromatic nitrogens is 4. The molecule has 4 nitrogen and oxygen atoms in total. The van der Waals surface area contributed by atoms with Crippen LogP contribution in [-0.2, 0) is 6.42 Å². The third kappa shape index (κ3) is 1.88. The third-order valence-corrected chi connectivity index (χ3v) is 3.86. The first-order chi connectivity index (χ1) is 9.38. The van der Waals surface area contributed by atoms with Crippen LogP contribution < -0.4 is 0 Å². The van der Waals surface area contributed by atoms with Crippen LogP contribution in [0.4, 0.5) is 0 Å². The van der Waals surface area contributed by atoms with Gasteiger partial charge in [-0.1, -0.05) is 6.07 Å². The van der Waals surface area contributed by atoms with Gasteiger partial charge >= 0.3 is 0 Å². The number of fused-ring (bicyclic) bond motifs is 2. The Hall–Kier alpha value is -2.27. The summed E-state index contributed by atoms with van der Waals surface area (Å²) < 4.78 is 3.03. The van der Waals surface area contributed by atoms with Crippen molar-refractivity contribution >= 4 is 27.2 Å². The van der Waals surface area contributed by atoms with Crippen LogP contribution >= 0.6 is 11.3 Å². The molecule has 0 radical (unpaired) electrons. The number of imidazole rings is 1. The predicted molar refractivity (Wildman–Crippen MR) is 75.4 cm³/mol. The Labute approximate surface area is 113 Å². The number of rotatable bonds is 2. The summed E-state index contributed by atoms with van der Waals surface area (Å²) >= 11 is 1.67. The van der Waals surface area contributed by atoms with Gasteiger partial charge in [0.1, 0.15) is 0 Å². The molecule has 0 fully saturated rings. The SMILES string of the molecule is c1cnn2cc(Cc3ccc4ncsc4c3)nc2c1. The van der Waals surface area contributed by atoms with E-state index in [-0.39, 0.29) is 0 Å². The van der Waals surface area contributed by atoms with Gasteiger partial charge in [-0.3, -0.25) is 0 Å². The highest BCUT2D eigenvalue weighted by Gasteiger charge is 2.04. The quantitative estimate of drug-likeness (QED) is 0.560. The zero-order chi connectivity index (χ0) is 12.7. The summed E-state index contributed by atoms with van der Waals surface area (Å²) in [7, 11) is 0. The summed E-state index contributed by atoms with van der Waals surface area (Å²) in [5.74, 6) is 0. The molecule has 4 rings (SSSR count). The van der Waals surface area contributed by atoms with Gasteiger partial charge in [0.2, 0.25) is 0 Å². The standard InChI is InChI=1S/C14H10N4S/c1-2-14-17-11(8-18(14)16-5-1)6-10-3-4-12-13(7-10)19-9-15-12/h1-5,7-9H,6H2. The first-order valence-electron chi connectivity index (χ1n) is 6.00. The van der Waals surface area contributed by atoms with Crippen LogP contribution in [0, 0.1) is 0 Å². The van der Waals surface area contributed by atoms with Crippen molar-refractivity contribution in [3.63, 3.8) is 0 Å². The molecule has 0 amide bonds. The molecule has 0 aliphatic carbocycles. The summed E-state index contributed by atoms with van der Waals surface area (Å²) in [4.78, 5) is 8.85. The molecule has 92 valence electrons. The van der Waals surface area contributed by atoms with E-state index in [4.69, 9.17) is 0 Å². The Morgan fingerprint density at radius 3 is 3.16 bits per heavy atom. The van der Waals surface area contributed by atoms with Gasteiger partial charge in [-0.05, 0) is 29.8 Å². The summed E-state index contributed by atoms with van der Waals surface area (Å²) in [6.07, 6.45) is 4.56. The van der Waals surface area contributed by atoms with Crippen molar-refractivity contribution in [1.82, 2.24) is 19.6 Å². The second-order valence-electron chi connectivity index (χ2n) is 4.39. The Morgan fingerprint density at radius 2 is 2.21 bits per heavy atom. The molecule has 0 saturated heterocycles. The van der Waals surface area contributed by atoms with Crippen molar-refractivity contribution in [1.29, 1.82) is 0 Å². The fourth-order valence-electron chi connectivity index (χ4n) is 2.18. The van der Waals surface area contributed by atoms with Gasteiger partial charge in [0.25, 0.3) is 0 Å². The van der Waals surface area contributed by atoms with Crippen molar-refractivity contribution in [3.8, 4) is 0 Å². The average molecular weight is 266 g/mol. The highest BCUT2D eigenvalue weighted by atomic mass is 32.1. The molecule has 1 aromatic carbocycles. The minimum absolute atomic E-state index is 0.817. The van der Waals surface area contributed by atoms with E-state index < -0.39 is 0 Å². The molecule has 5 heteroatoms. The van der Waals surface area contributed by atoms with Crippen LogP contribution in [0.15, 0.2) is 48.2 Å². The van der Waals surface area contributed by atoms with Crippen molar-refractivity contribution in [2.75, 3.05) is 0 Å². The van der Waals surface area contributed by atoms with Crippen LogP contribution in [0.5, 0.6) is 0 Å². The zero-order valence-corrected chi connectivity index (χ0v) is 10.8. The number of benzene rings is 1. The lowest BCUT2D eigenvalue weighted by molar-refractivity contribution is 0.932. The first kappa shape index (κ1) is 10.6. The summed E-state index contributed by atoms with van der Waals surface area (Å²) in [5.41, 5.74) is 6.10. The molecule has 3 aromatic heterocycles. The number of thiazole rings is 1. The molecule has 3 heterocycles. The van der Waals surface area contributed by atoms with Crippen LogP contribution in [-0.4, -0.2) is 19.6 Å². The Kier molecular flexibility index (Phi) is 2.31. The van der Waals surface area contributed by atoms with Gasteiger partial charge in [-0.25, -0.2) is 14.5 Å². The van der Waals surface area contributed by atoms with Gasteiger partial charge in [0.05, 0.1) is 27.6 Å². The molecule has 0 bridgehead atoms. The molecule has 0 aliphatic heterocycles. The molecule has 0 aliphatic rings. The monoisotopic (exact) mass is 266 g/mol. The largest absolute Gasteiger partial charge is 0.245 e. The maximum Gasteiger partial charge on any atom is 0.153 e. The Morgan fingerprint density at radius 1 is 1.21 bits per heavy atom. The zero-order valence-electron chi connectivity index (χ0n) is 10.0. The van der Waals surface area contributed by atoms with Gasteiger partial charge in [0, 0.05) is 12.6 Å². The van der Waals surface area contributed by atoms with E-state index in [0.717, 1.165) is 23.3 Å². The molecular formula is C14H10N4S. The molecule has 0 N–H and O–H groups in total. The maximum atomic E-state index is 4.56. The molecule has 0 atom stereocenters. The first-order valence-corrected chi connectivity index (χ1v) is 6.88. The van der Waals surface area contributed by atoms with Crippen LogP contribution in [0.2, 0.25) is 0 Å². The van der Waals surface area contributed by atoms with E-state index in [1.165, 1.54) is 10.3 Å². The van der Waals surface area contributed by atoms with Gasteiger partial charge in [-0.2, -0.15) is 5.10 Å². The van der Waals surface area contributed by atoms with Crippen LogP contribution in [0.25, 0.3) is 15.9 Å². The Balaban J connectivity index is 1.72. The van der Waals surface area contributed by atoms with Crippen molar-refractivity contribution in [3.05, 3.63) is 59.5 Å². The molecule has 0 spiro atoms.